The molecule has 2 rings (SSSR count). The van der Waals surface area contributed by atoms with Crippen LogP contribution in [0.4, 0.5) is 0 Å². The standard InChI is InChI=1S/C14H19ClN4O2S/c1-10(2)5-19-13(16-9-17-19)7-18(8-14(20)21)6-11-3-4-12(15)22-11/h3-4,9-10H,5-8H2,1-2H3,(H,20,21). The molecule has 0 aliphatic rings. The van der Waals surface area contributed by atoms with Gasteiger partial charge in [-0.3, -0.25) is 9.69 Å². The third-order valence-corrected chi connectivity index (χ3v) is 4.18. The summed E-state index contributed by atoms with van der Waals surface area (Å²) in [6.07, 6.45) is 1.51. The third kappa shape index (κ3) is 5.08. The van der Waals surface area contributed by atoms with Crippen LogP contribution in [-0.2, 0) is 24.4 Å². The molecular weight excluding hydrogens is 324 g/mol. The van der Waals surface area contributed by atoms with Gasteiger partial charge >= 0.3 is 5.97 Å². The van der Waals surface area contributed by atoms with Crippen molar-refractivity contribution < 1.29 is 9.90 Å². The molecule has 0 aliphatic heterocycles. The second-order valence-electron chi connectivity index (χ2n) is 5.50. The van der Waals surface area contributed by atoms with E-state index in [1.165, 1.54) is 17.7 Å². The van der Waals surface area contributed by atoms with Gasteiger partial charge in [0, 0.05) is 18.0 Å². The molecule has 0 aliphatic carbocycles. The summed E-state index contributed by atoms with van der Waals surface area (Å²) in [7, 11) is 0. The number of carboxylic acids is 1. The largest absolute Gasteiger partial charge is 0.480 e. The summed E-state index contributed by atoms with van der Waals surface area (Å²) in [4.78, 5) is 18.2. The molecule has 0 radical (unpaired) electrons. The Kier molecular flexibility index (Phi) is 5.93. The van der Waals surface area contributed by atoms with Gasteiger partial charge in [-0.1, -0.05) is 25.4 Å². The quantitative estimate of drug-likeness (QED) is 0.798. The molecule has 0 atom stereocenters. The highest BCUT2D eigenvalue weighted by Crippen LogP contribution is 2.23. The Morgan fingerprint density at radius 3 is 2.82 bits per heavy atom. The van der Waals surface area contributed by atoms with E-state index < -0.39 is 5.97 Å². The van der Waals surface area contributed by atoms with Gasteiger partial charge < -0.3 is 5.11 Å². The highest BCUT2D eigenvalue weighted by Gasteiger charge is 2.16. The Labute approximate surface area is 138 Å². The molecule has 0 saturated heterocycles. The maximum Gasteiger partial charge on any atom is 0.317 e. The minimum Gasteiger partial charge on any atom is -0.480 e. The molecule has 0 spiro atoms. The van der Waals surface area contributed by atoms with E-state index >= 15 is 0 Å². The van der Waals surface area contributed by atoms with Gasteiger partial charge in [-0.05, 0) is 18.1 Å². The lowest BCUT2D eigenvalue weighted by Crippen LogP contribution is -2.30. The first-order valence-corrected chi connectivity index (χ1v) is 8.18. The lowest BCUT2D eigenvalue weighted by molar-refractivity contribution is -0.138. The Morgan fingerprint density at radius 2 is 2.23 bits per heavy atom. The van der Waals surface area contributed by atoms with Crippen molar-refractivity contribution in [1.82, 2.24) is 19.7 Å². The van der Waals surface area contributed by atoms with Crippen LogP contribution in [0.5, 0.6) is 0 Å². The molecule has 6 nitrogen and oxygen atoms in total. The van der Waals surface area contributed by atoms with Gasteiger partial charge in [0.2, 0.25) is 0 Å². The van der Waals surface area contributed by atoms with Crippen LogP contribution in [0.1, 0.15) is 24.5 Å². The van der Waals surface area contributed by atoms with Crippen LogP contribution in [0.3, 0.4) is 0 Å². The monoisotopic (exact) mass is 342 g/mol. The molecule has 1 N–H and O–H groups in total. The normalized spacial score (nSPS) is 11.5. The predicted molar refractivity (Wildman–Crippen MR) is 85.9 cm³/mol. The Balaban J connectivity index is 2.09. The van der Waals surface area contributed by atoms with E-state index in [1.54, 1.807) is 0 Å². The van der Waals surface area contributed by atoms with Crippen molar-refractivity contribution in [2.24, 2.45) is 5.92 Å². The van der Waals surface area contributed by atoms with Crippen LogP contribution in [0.25, 0.3) is 0 Å². The van der Waals surface area contributed by atoms with Crippen molar-refractivity contribution in [3.05, 3.63) is 33.5 Å². The number of aromatic nitrogens is 3. The number of aliphatic carboxylic acids is 1. The van der Waals surface area contributed by atoms with Crippen molar-refractivity contribution in [1.29, 1.82) is 0 Å². The molecule has 0 saturated carbocycles. The summed E-state index contributed by atoms with van der Waals surface area (Å²) in [5.41, 5.74) is 0. The maximum absolute atomic E-state index is 11.1. The Hall–Kier alpha value is -1.44. The van der Waals surface area contributed by atoms with Crippen molar-refractivity contribution >= 4 is 28.9 Å². The SMILES string of the molecule is CC(C)Cn1ncnc1CN(CC(=O)O)Cc1ccc(Cl)s1. The highest BCUT2D eigenvalue weighted by molar-refractivity contribution is 7.16. The average molecular weight is 343 g/mol. The molecule has 0 fully saturated rings. The van der Waals surface area contributed by atoms with Crippen LogP contribution in [-0.4, -0.2) is 37.3 Å². The van der Waals surface area contributed by atoms with E-state index in [9.17, 15) is 4.79 Å². The minimum atomic E-state index is -0.863. The summed E-state index contributed by atoms with van der Waals surface area (Å²) in [6.45, 7) is 5.89. The van der Waals surface area contributed by atoms with E-state index in [4.69, 9.17) is 16.7 Å². The molecule has 0 unspecified atom stereocenters. The van der Waals surface area contributed by atoms with Gasteiger partial charge in [-0.15, -0.1) is 11.3 Å². The van der Waals surface area contributed by atoms with E-state index in [1.807, 2.05) is 21.7 Å². The smallest absolute Gasteiger partial charge is 0.317 e. The summed E-state index contributed by atoms with van der Waals surface area (Å²) >= 11 is 7.39. The summed E-state index contributed by atoms with van der Waals surface area (Å²) in [6, 6.07) is 3.74. The van der Waals surface area contributed by atoms with Crippen molar-refractivity contribution in [2.45, 2.75) is 33.5 Å². The van der Waals surface area contributed by atoms with Crippen LogP contribution in [0, 0.1) is 5.92 Å². The second kappa shape index (κ2) is 7.71. The zero-order valence-corrected chi connectivity index (χ0v) is 14.1. The number of carboxylic acid groups (broad SMARTS) is 1. The fraction of sp³-hybridized carbons (Fsp3) is 0.500. The molecular formula is C14H19ClN4O2S. The van der Waals surface area contributed by atoms with Crippen molar-refractivity contribution in [2.75, 3.05) is 6.54 Å². The van der Waals surface area contributed by atoms with Crippen molar-refractivity contribution in [3.8, 4) is 0 Å². The van der Waals surface area contributed by atoms with Gasteiger partial charge in [0.1, 0.15) is 12.2 Å². The lowest BCUT2D eigenvalue weighted by atomic mass is 10.2. The highest BCUT2D eigenvalue weighted by atomic mass is 35.5. The Bertz CT molecular complexity index is 626. The van der Waals surface area contributed by atoms with E-state index in [0.29, 0.717) is 23.3 Å². The second-order valence-corrected chi connectivity index (χ2v) is 7.30. The molecule has 22 heavy (non-hydrogen) atoms. The third-order valence-electron chi connectivity index (χ3n) is 2.97. The molecule has 120 valence electrons. The van der Waals surface area contributed by atoms with Gasteiger partial charge in [0.25, 0.3) is 0 Å². The Morgan fingerprint density at radius 1 is 1.45 bits per heavy atom. The van der Waals surface area contributed by atoms with Crippen LogP contribution < -0.4 is 0 Å². The number of hydrogen-bond donors (Lipinski definition) is 1. The molecule has 0 aromatic carbocycles. The van der Waals surface area contributed by atoms with Gasteiger partial charge in [-0.25, -0.2) is 9.67 Å². The summed E-state index contributed by atoms with van der Waals surface area (Å²) in [5.74, 6) is 0.361. The summed E-state index contributed by atoms with van der Waals surface area (Å²) < 4.78 is 2.54. The van der Waals surface area contributed by atoms with Crippen molar-refractivity contribution in [3.63, 3.8) is 0 Å². The molecule has 2 aromatic rings. The van der Waals surface area contributed by atoms with Crippen LogP contribution in [0.2, 0.25) is 4.34 Å². The van der Waals surface area contributed by atoms with Gasteiger partial charge in [0.05, 0.1) is 17.4 Å². The average Bonchev–Trinajstić information content (AvgIpc) is 2.98. The summed E-state index contributed by atoms with van der Waals surface area (Å²) in [5, 5.41) is 13.3. The topological polar surface area (TPSA) is 71.2 Å². The molecule has 8 heteroatoms. The van der Waals surface area contributed by atoms with E-state index in [2.05, 4.69) is 23.9 Å². The lowest BCUT2D eigenvalue weighted by Gasteiger charge is -2.19. The number of halogens is 1. The number of thiophene rings is 1. The molecule has 0 amide bonds. The molecule has 2 heterocycles. The van der Waals surface area contributed by atoms with Crippen LogP contribution in [0.15, 0.2) is 18.5 Å². The zero-order chi connectivity index (χ0) is 16.1. The fourth-order valence-electron chi connectivity index (χ4n) is 2.13. The predicted octanol–water partition coefficient (Wildman–Crippen LogP) is 2.74. The molecule has 0 bridgehead atoms. The van der Waals surface area contributed by atoms with Crippen LogP contribution >= 0.6 is 22.9 Å². The number of rotatable bonds is 8. The number of hydrogen-bond acceptors (Lipinski definition) is 5. The number of nitrogens with zero attached hydrogens (tertiary/aromatic N) is 4. The first kappa shape index (κ1) is 16.9. The van der Waals surface area contributed by atoms with E-state index in [0.717, 1.165) is 17.2 Å². The van der Waals surface area contributed by atoms with Gasteiger partial charge in [-0.2, -0.15) is 5.10 Å². The first-order valence-electron chi connectivity index (χ1n) is 6.99. The first-order chi connectivity index (χ1) is 10.4. The minimum absolute atomic E-state index is 0.0515. The number of carbonyl (C=O) groups is 1. The molecule has 2 aromatic heterocycles. The maximum atomic E-state index is 11.1. The zero-order valence-electron chi connectivity index (χ0n) is 12.6. The fourth-order valence-corrected chi connectivity index (χ4v) is 3.26. The van der Waals surface area contributed by atoms with E-state index in [-0.39, 0.29) is 6.54 Å². The van der Waals surface area contributed by atoms with Gasteiger partial charge in [0.15, 0.2) is 0 Å².